The third kappa shape index (κ3) is 3.80. The quantitative estimate of drug-likeness (QED) is 0.815. The number of rotatable bonds is 5. The second-order valence-electron chi connectivity index (χ2n) is 5.32. The third-order valence-electron chi connectivity index (χ3n) is 3.81. The number of ether oxygens (including phenoxy) is 1. The van der Waals surface area contributed by atoms with E-state index in [0.29, 0.717) is 19.1 Å². The predicted octanol–water partition coefficient (Wildman–Crippen LogP) is 2.57. The highest BCUT2D eigenvalue weighted by Crippen LogP contribution is 2.22. The second-order valence-corrected chi connectivity index (χ2v) is 5.32. The highest BCUT2D eigenvalue weighted by atomic mass is 16.5. The van der Waals surface area contributed by atoms with Crippen LogP contribution in [0.4, 0.5) is 0 Å². The summed E-state index contributed by atoms with van der Waals surface area (Å²) >= 11 is 0. The summed E-state index contributed by atoms with van der Waals surface area (Å²) in [4.78, 5) is 14.1. The Morgan fingerprint density at radius 2 is 2.11 bits per heavy atom. The smallest absolute Gasteiger partial charge is 0.225 e. The zero-order valence-electron chi connectivity index (χ0n) is 11.9. The number of benzene rings is 1. The molecule has 0 aliphatic carbocycles. The SMILES string of the molecule is COCCC(=O)N1CCC[C@H]1Cc1ccc(C)cc1. The van der Waals surface area contributed by atoms with Crippen molar-refractivity contribution in [3.8, 4) is 0 Å². The molecule has 0 aromatic heterocycles. The number of hydrogen-bond acceptors (Lipinski definition) is 2. The van der Waals surface area contributed by atoms with E-state index in [-0.39, 0.29) is 5.91 Å². The number of carbonyl (C=O) groups excluding carboxylic acids is 1. The van der Waals surface area contributed by atoms with E-state index in [4.69, 9.17) is 4.74 Å². The fourth-order valence-electron chi connectivity index (χ4n) is 2.71. The average Bonchev–Trinajstić information content (AvgIpc) is 2.87. The van der Waals surface area contributed by atoms with Crippen LogP contribution in [0, 0.1) is 6.92 Å². The Bertz CT molecular complexity index is 413. The van der Waals surface area contributed by atoms with Gasteiger partial charge in [-0.3, -0.25) is 4.79 Å². The second kappa shape index (κ2) is 6.71. The Morgan fingerprint density at radius 1 is 1.37 bits per heavy atom. The van der Waals surface area contributed by atoms with Crippen LogP contribution >= 0.6 is 0 Å². The first-order valence-electron chi connectivity index (χ1n) is 7.04. The Balaban J connectivity index is 1.95. The van der Waals surface area contributed by atoms with E-state index in [9.17, 15) is 4.79 Å². The maximum Gasteiger partial charge on any atom is 0.225 e. The first kappa shape index (κ1) is 14.1. The first-order chi connectivity index (χ1) is 9.20. The van der Waals surface area contributed by atoms with Crippen LogP contribution in [0.1, 0.15) is 30.4 Å². The van der Waals surface area contributed by atoms with Gasteiger partial charge in [0.1, 0.15) is 0 Å². The highest BCUT2D eigenvalue weighted by Gasteiger charge is 2.28. The molecule has 0 saturated carbocycles. The van der Waals surface area contributed by atoms with Crippen molar-refractivity contribution in [3.63, 3.8) is 0 Å². The van der Waals surface area contributed by atoms with Crippen LogP contribution in [0.5, 0.6) is 0 Å². The number of hydrogen-bond donors (Lipinski definition) is 0. The summed E-state index contributed by atoms with van der Waals surface area (Å²) in [6, 6.07) is 8.99. The lowest BCUT2D eigenvalue weighted by Gasteiger charge is -2.25. The van der Waals surface area contributed by atoms with Gasteiger partial charge in [0.2, 0.25) is 5.91 Å². The molecule has 1 atom stereocenters. The van der Waals surface area contributed by atoms with Crippen molar-refractivity contribution in [3.05, 3.63) is 35.4 Å². The molecule has 1 amide bonds. The average molecular weight is 261 g/mol. The number of amides is 1. The molecule has 0 N–H and O–H groups in total. The van der Waals surface area contributed by atoms with Crippen LogP contribution in [0.25, 0.3) is 0 Å². The topological polar surface area (TPSA) is 29.5 Å². The normalized spacial score (nSPS) is 18.8. The van der Waals surface area contributed by atoms with Crippen LogP contribution in [0.3, 0.4) is 0 Å². The Labute approximate surface area is 115 Å². The molecule has 2 rings (SSSR count). The molecular formula is C16H23NO2. The van der Waals surface area contributed by atoms with Crippen molar-refractivity contribution in [2.24, 2.45) is 0 Å². The number of aryl methyl sites for hydroxylation is 1. The van der Waals surface area contributed by atoms with Gasteiger partial charge < -0.3 is 9.64 Å². The molecule has 1 aliphatic heterocycles. The van der Waals surface area contributed by atoms with Gasteiger partial charge in [-0.05, 0) is 31.7 Å². The van der Waals surface area contributed by atoms with E-state index >= 15 is 0 Å². The summed E-state index contributed by atoms with van der Waals surface area (Å²) in [5, 5.41) is 0. The lowest BCUT2D eigenvalue weighted by atomic mass is 10.0. The minimum absolute atomic E-state index is 0.233. The number of nitrogens with zero attached hydrogens (tertiary/aromatic N) is 1. The standard InChI is InChI=1S/C16H23NO2/c1-13-5-7-14(8-6-13)12-15-4-3-10-17(15)16(18)9-11-19-2/h5-8,15H,3-4,9-12H2,1-2H3/t15-/m0/s1. The molecule has 1 aromatic carbocycles. The summed E-state index contributed by atoms with van der Waals surface area (Å²) in [7, 11) is 1.64. The van der Waals surface area contributed by atoms with E-state index in [1.807, 2.05) is 4.90 Å². The molecule has 1 aromatic rings. The van der Waals surface area contributed by atoms with Crippen LogP contribution in [0.2, 0.25) is 0 Å². The molecule has 3 nitrogen and oxygen atoms in total. The zero-order valence-corrected chi connectivity index (χ0v) is 11.9. The van der Waals surface area contributed by atoms with E-state index in [1.165, 1.54) is 11.1 Å². The lowest BCUT2D eigenvalue weighted by molar-refractivity contribution is -0.132. The predicted molar refractivity (Wildman–Crippen MR) is 76.1 cm³/mol. The summed E-state index contributed by atoms with van der Waals surface area (Å²) < 4.78 is 4.99. The van der Waals surface area contributed by atoms with Crippen LogP contribution in [-0.4, -0.2) is 37.1 Å². The van der Waals surface area contributed by atoms with Crippen molar-refractivity contribution < 1.29 is 9.53 Å². The van der Waals surface area contributed by atoms with Gasteiger partial charge >= 0.3 is 0 Å². The molecule has 104 valence electrons. The molecule has 3 heteroatoms. The number of methoxy groups -OCH3 is 1. The minimum Gasteiger partial charge on any atom is -0.384 e. The van der Waals surface area contributed by atoms with E-state index < -0.39 is 0 Å². The molecular weight excluding hydrogens is 238 g/mol. The van der Waals surface area contributed by atoms with E-state index in [0.717, 1.165) is 25.8 Å². The lowest BCUT2D eigenvalue weighted by Crippen LogP contribution is -2.37. The van der Waals surface area contributed by atoms with Gasteiger partial charge in [-0.15, -0.1) is 0 Å². The molecule has 1 heterocycles. The highest BCUT2D eigenvalue weighted by molar-refractivity contribution is 5.77. The molecule has 1 aliphatic rings. The molecule has 0 bridgehead atoms. The van der Waals surface area contributed by atoms with E-state index in [1.54, 1.807) is 7.11 Å². The van der Waals surface area contributed by atoms with Crippen LogP contribution in [-0.2, 0) is 16.0 Å². The van der Waals surface area contributed by atoms with Crippen molar-refractivity contribution >= 4 is 5.91 Å². The minimum atomic E-state index is 0.233. The third-order valence-corrected chi connectivity index (χ3v) is 3.81. The van der Waals surface area contributed by atoms with Gasteiger partial charge in [-0.25, -0.2) is 0 Å². The first-order valence-corrected chi connectivity index (χ1v) is 7.04. The Morgan fingerprint density at radius 3 is 2.79 bits per heavy atom. The summed E-state index contributed by atoms with van der Waals surface area (Å²) in [6.07, 6.45) is 3.71. The molecule has 0 spiro atoms. The molecule has 0 unspecified atom stereocenters. The molecule has 1 fully saturated rings. The van der Waals surface area contributed by atoms with Gasteiger partial charge in [-0.2, -0.15) is 0 Å². The van der Waals surface area contributed by atoms with Gasteiger partial charge in [-0.1, -0.05) is 29.8 Å². The van der Waals surface area contributed by atoms with Crippen LogP contribution < -0.4 is 0 Å². The van der Waals surface area contributed by atoms with Crippen molar-refractivity contribution in [1.82, 2.24) is 4.90 Å². The van der Waals surface area contributed by atoms with Gasteiger partial charge in [0.25, 0.3) is 0 Å². The van der Waals surface area contributed by atoms with Gasteiger partial charge in [0.05, 0.1) is 13.0 Å². The van der Waals surface area contributed by atoms with Crippen molar-refractivity contribution in [2.75, 3.05) is 20.3 Å². The zero-order chi connectivity index (χ0) is 13.7. The summed E-state index contributed by atoms with van der Waals surface area (Å²) in [5.74, 6) is 0.233. The molecule has 0 radical (unpaired) electrons. The number of likely N-dealkylation sites (tertiary alicyclic amines) is 1. The van der Waals surface area contributed by atoms with Crippen molar-refractivity contribution in [1.29, 1.82) is 0 Å². The molecule has 19 heavy (non-hydrogen) atoms. The maximum atomic E-state index is 12.1. The Kier molecular flexibility index (Phi) is 4.97. The van der Waals surface area contributed by atoms with Crippen molar-refractivity contribution in [2.45, 2.75) is 38.6 Å². The fourth-order valence-corrected chi connectivity index (χ4v) is 2.71. The Hall–Kier alpha value is -1.35. The van der Waals surface area contributed by atoms with Gasteiger partial charge in [0.15, 0.2) is 0 Å². The fraction of sp³-hybridized carbons (Fsp3) is 0.562. The number of carbonyl (C=O) groups is 1. The monoisotopic (exact) mass is 261 g/mol. The summed E-state index contributed by atoms with van der Waals surface area (Å²) in [5.41, 5.74) is 2.60. The largest absolute Gasteiger partial charge is 0.384 e. The van der Waals surface area contributed by atoms with Gasteiger partial charge in [0, 0.05) is 19.7 Å². The summed E-state index contributed by atoms with van der Waals surface area (Å²) in [6.45, 7) is 3.52. The maximum absolute atomic E-state index is 12.1. The van der Waals surface area contributed by atoms with E-state index in [2.05, 4.69) is 31.2 Å². The molecule has 1 saturated heterocycles. The van der Waals surface area contributed by atoms with Crippen LogP contribution in [0.15, 0.2) is 24.3 Å².